The molecule has 0 aliphatic rings. The van der Waals surface area contributed by atoms with Gasteiger partial charge in [0.2, 0.25) is 0 Å². The summed E-state index contributed by atoms with van der Waals surface area (Å²) in [6, 6.07) is 15.1. The zero-order valence-corrected chi connectivity index (χ0v) is 15.6. The number of rotatable bonds is 10. The molecule has 28 heavy (non-hydrogen) atoms. The Kier molecular flexibility index (Phi) is 8.43. The van der Waals surface area contributed by atoms with Crippen LogP contribution >= 0.6 is 0 Å². The van der Waals surface area contributed by atoms with Gasteiger partial charge >= 0.3 is 5.97 Å². The van der Waals surface area contributed by atoms with Crippen LogP contribution in [-0.2, 0) is 17.8 Å². The number of allylic oxidation sites excluding steroid dienone is 1. The fourth-order valence-electron chi connectivity index (χ4n) is 2.49. The SMILES string of the molecule is C=CN=C/C=C(\C=C\c1cccc(CN)c1)COc1ccccc1CC(=O)O. The van der Waals surface area contributed by atoms with Gasteiger partial charge in [-0.1, -0.05) is 61.2 Å². The maximum Gasteiger partial charge on any atom is 0.307 e. The van der Waals surface area contributed by atoms with Crippen molar-refractivity contribution in [1.29, 1.82) is 0 Å². The Morgan fingerprint density at radius 3 is 2.79 bits per heavy atom. The first-order chi connectivity index (χ1) is 13.6. The highest BCUT2D eigenvalue weighted by atomic mass is 16.5. The molecule has 0 aliphatic heterocycles. The van der Waals surface area contributed by atoms with Gasteiger partial charge in [0.05, 0.1) is 6.42 Å². The molecule has 0 amide bonds. The lowest BCUT2D eigenvalue weighted by atomic mass is 10.1. The monoisotopic (exact) mass is 376 g/mol. The first-order valence-electron chi connectivity index (χ1n) is 8.85. The Morgan fingerprint density at radius 2 is 2.04 bits per heavy atom. The van der Waals surface area contributed by atoms with E-state index in [0.717, 1.165) is 16.7 Å². The quantitative estimate of drug-likeness (QED) is 0.485. The van der Waals surface area contributed by atoms with E-state index in [1.54, 1.807) is 24.4 Å². The van der Waals surface area contributed by atoms with Crippen molar-refractivity contribution in [3.05, 3.63) is 95.7 Å². The Bertz CT molecular complexity index is 898. The molecule has 2 aromatic rings. The van der Waals surface area contributed by atoms with E-state index in [-0.39, 0.29) is 13.0 Å². The molecule has 0 spiro atoms. The number of hydrogen-bond donors (Lipinski definition) is 2. The molecular weight excluding hydrogens is 352 g/mol. The first-order valence-corrected chi connectivity index (χ1v) is 8.85. The number of ether oxygens (including phenoxy) is 1. The van der Waals surface area contributed by atoms with Gasteiger partial charge in [0.1, 0.15) is 12.4 Å². The largest absolute Gasteiger partial charge is 0.489 e. The van der Waals surface area contributed by atoms with Gasteiger partial charge in [0, 0.05) is 24.5 Å². The molecule has 3 N–H and O–H groups in total. The number of aliphatic carboxylic acids is 1. The lowest BCUT2D eigenvalue weighted by Crippen LogP contribution is -2.06. The molecule has 0 saturated heterocycles. The van der Waals surface area contributed by atoms with E-state index in [1.165, 1.54) is 6.20 Å². The molecule has 0 bridgehead atoms. The maximum atomic E-state index is 11.0. The Balaban J connectivity index is 2.17. The van der Waals surface area contributed by atoms with Crippen LogP contribution in [0.4, 0.5) is 0 Å². The van der Waals surface area contributed by atoms with Crippen molar-refractivity contribution in [2.24, 2.45) is 10.7 Å². The molecule has 144 valence electrons. The molecule has 0 heterocycles. The fraction of sp³-hybridized carbons (Fsp3) is 0.130. The van der Waals surface area contributed by atoms with Crippen LogP contribution in [-0.4, -0.2) is 23.9 Å². The first kappa shape index (κ1) is 20.9. The molecule has 5 nitrogen and oxygen atoms in total. The van der Waals surface area contributed by atoms with Crippen molar-refractivity contribution in [2.45, 2.75) is 13.0 Å². The van der Waals surface area contributed by atoms with Gasteiger partial charge in [-0.15, -0.1) is 0 Å². The van der Waals surface area contributed by atoms with E-state index in [1.807, 2.05) is 48.6 Å². The molecule has 0 radical (unpaired) electrons. The zero-order valence-electron chi connectivity index (χ0n) is 15.6. The van der Waals surface area contributed by atoms with E-state index in [2.05, 4.69) is 11.6 Å². The normalized spacial score (nSPS) is 11.8. The molecule has 2 aromatic carbocycles. The van der Waals surface area contributed by atoms with Gasteiger partial charge in [0.25, 0.3) is 0 Å². The minimum Gasteiger partial charge on any atom is -0.489 e. The molecule has 0 aliphatic carbocycles. The van der Waals surface area contributed by atoms with Crippen molar-refractivity contribution in [3.8, 4) is 5.75 Å². The van der Waals surface area contributed by atoms with Crippen LogP contribution in [0.2, 0.25) is 0 Å². The highest BCUT2D eigenvalue weighted by Crippen LogP contribution is 2.19. The third kappa shape index (κ3) is 7.05. The van der Waals surface area contributed by atoms with E-state index in [0.29, 0.717) is 17.9 Å². The van der Waals surface area contributed by atoms with Crippen LogP contribution in [0.5, 0.6) is 5.75 Å². The second-order valence-electron chi connectivity index (χ2n) is 5.97. The van der Waals surface area contributed by atoms with Crippen LogP contribution in [0.25, 0.3) is 6.08 Å². The van der Waals surface area contributed by atoms with Gasteiger partial charge < -0.3 is 15.6 Å². The van der Waals surface area contributed by atoms with Gasteiger partial charge in [-0.3, -0.25) is 9.79 Å². The Hall–Kier alpha value is -3.44. The smallest absolute Gasteiger partial charge is 0.307 e. The lowest BCUT2D eigenvalue weighted by Gasteiger charge is -2.11. The van der Waals surface area contributed by atoms with Crippen molar-refractivity contribution >= 4 is 18.3 Å². The summed E-state index contributed by atoms with van der Waals surface area (Å²) in [4.78, 5) is 15.0. The van der Waals surface area contributed by atoms with Crippen molar-refractivity contribution in [1.82, 2.24) is 0 Å². The molecular formula is C23H24N2O3. The predicted octanol–water partition coefficient (Wildman–Crippen LogP) is 4.01. The molecule has 0 fully saturated rings. The number of carboxylic acid groups (broad SMARTS) is 1. The van der Waals surface area contributed by atoms with Crippen LogP contribution in [0.1, 0.15) is 16.7 Å². The number of nitrogens with zero attached hydrogens (tertiary/aromatic N) is 1. The fourth-order valence-corrected chi connectivity index (χ4v) is 2.49. The third-order valence-corrected chi connectivity index (χ3v) is 3.87. The summed E-state index contributed by atoms with van der Waals surface area (Å²) in [7, 11) is 0. The lowest BCUT2D eigenvalue weighted by molar-refractivity contribution is -0.136. The summed E-state index contributed by atoms with van der Waals surface area (Å²) in [5.74, 6) is -0.348. The minimum absolute atomic E-state index is 0.0884. The Labute approximate surface area is 165 Å². The molecule has 2 rings (SSSR count). The van der Waals surface area contributed by atoms with Gasteiger partial charge in [-0.25, -0.2) is 0 Å². The predicted molar refractivity (Wildman–Crippen MR) is 113 cm³/mol. The standard InChI is InChI=1S/C23H24N2O3/c1-2-25-13-12-19(11-10-18-6-5-7-20(14-18)16-24)17-28-22-9-4-3-8-21(22)15-23(26)27/h2-14H,1,15-17,24H2,(H,26,27)/b11-10+,19-12+,25-13?. The maximum absolute atomic E-state index is 11.0. The van der Waals surface area contributed by atoms with E-state index < -0.39 is 5.97 Å². The van der Waals surface area contributed by atoms with Crippen molar-refractivity contribution in [2.75, 3.05) is 6.61 Å². The summed E-state index contributed by atoms with van der Waals surface area (Å²) in [6.07, 6.45) is 8.73. The number of hydrogen-bond acceptors (Lipinski definition) is 4. The van der Waals surface area contributed by atoms with Gasteiger partial charge in [0.15, 0.2) is 0 Å². The summed E-state index contributed by atoms with van der Waals surface area (Å²) in [6.45, 7) is 4.32. The zero-order chi connectivity index (χ0) is 20.2. The third-order valence-electron chi connectivity index (χ3n) is 3.87. The van der Waals surface area contributed by atoms with E-state index >= 15 is 0 Å². The van der Waals surface area contributed by atoms with Gasteiger partial charge in [-0.2, -0.15) is 0 Å². The minimum atomic E-state index is -0.899. The van der Waals surface area contributed by atoms with Crippen molar-refractivity contribution < 1.29 is 14.6 Å². The number of para-hydroxylation sites is 1. The number of aliphatic imine (C=N–C) groups is 1. The van der Waals surface area contributed by atoms with E-state index in [4.69, 9.17) is 15.6 Å². The second kappa shape index (κ2) is 11.3. The highest BCUT2D eigenvalue weighted by molar-refractivity contribution is 5.74. The van der Waals surface area contributed by atoms with Crippen LogP contribution < -0.4 is 10.5 Å². The van der Waals surface area contributed by atoms with Crippen LogP contribution in [0.3, 0.4) is 0 Å². The van der Waals surface area contributed by atoms with Crippen LogP contribution in [0.15, 0.2) is 84.0 Å². The summed E-state index contributed by atoms with van der Waals surface area (Å²) in [5, 5.41) is 9.05. The Morgan fingerprint density at radius 1 is 1.21 bits per heavy atom. The molecule has 0 atom stereocenters. The second-order valence-corrected chi connectivity index (χ2v) is 5.97. The molecule has 0 saturated carbocycles. The molecule has 5 heteroatoms. The summed E-state index contributed by atoms with van der Waals surface area (Å²) in [5.41, 5.74) is 9.28. The number of nitrogens with two attached hydrogens (primary N) is 1. The summed E-state index contributed by atoms with van der Waals surface area (Å²) >= 11 is 0. The van der Waals surface area contributed by atoms with Crippen molar-refractivity contribution in [3.63, 3.8) is 0 Å². The van der Waals surface area contributed by atoms with Gasteiger partial charge in [-0.05, 0) is 28.8 Å². The average Bonchev–Trinajstić information content (AvgIpc) is 2.70. The molecule has 0 aromatic heterocycles. The summed E-state index contributed by atoms with van der Waals surface area (Å²) < 4.78 is 5.87. The number of benzene rings is 2. The highest BCUT2D eigenvalue weighted by Gasteiger charge is 2.07. The average molecular weight is 376 g/mol. The molecule has 0 unspecified atom stereocenters. The number of carboxylic acids is 1. The van der Waals surface area contributed by atoms with E-state index in [9.17, 15) is 4.79 Å². The number of carbonyl (C=O) groups is 1. The van der Waals surface area contributed by atoms with Crippen LogP contribution in [0, 0.1) is 0 Å². The topological polar surface area (TPSA) is 84.9 Å².